The highest BCUT2D eigenvalue weighted by Gasteiger charge is 2.40. The van der Waals surface area contributed by atoms with Gasteiger partial charge >= 0.3 is 0 Å². The third-order valence-corrected chi connectivity index (χ3v) is 4.56. The second-order valence-corrected chi connectivity index (χ2v) is 5.69. The van der Waals surface area contributed by atoms with E-state index in [0.29, 0.717) is 18.3 Å². The van der Waals surface area contributed by atoms with E-state index in [-0.39, 0.29) is 11.3 Å². The van der Waals surface area contributed by atoms with Gasteiger partial charge in [0.2, 0.25) is 0 Å². The molecule has 2 aliphatic carbocycles. The van der Waals surface area contributed by atoms with Gasteiger partial charge in [0.05, 0.1) is 5.56 Å². The summed E-state index contributed by atoms with van der Waals surface area (Å²) in [5.41, 5.74) is 0.0409. The van der Waals surface area contributed by atoms with Crippen LogP contribution >= 0.6 is 0 Å². The summed E-state index contributed by atoms with van der Waals surface area (Å²) >= 11 is 0. The van der Waals surface area contributed by atoms with Crippen LogP contribution in [0.1, 0.15) is 42.5 Å². The SMILES string of the molecule is O=C(CC1CC2CCC1C2)c1ccc(F)cc1F. The van der Waals surface area contributed by atoms with Crippen molar-refractivity contribution in [1.82, 2.24) is 0 Å². The van der Waals surface area contributed by atoms with Crippen LogP contribution in [0.3, 0.4) is 0 Å². The smallest absolute Gasteiger partial charge is 0.166 e. The predicted octanol–water partition coefficient (Wildman–Crippen LogP) is 3.97. The topological polar surface area (TPSA) is 17.1 Å². The fourth-order valence-electron chi connectivity index (χ4n) is 3.69. The van der Waals surface area contributed by atoms with Gasteiger partial charge in [0, 0.05) is 12.5 Å². The van der Waals surface area contributed by atoms with Gasteiger partial charge < -0.3 is 0 Å². The molecule has 0 saturated heterocycles. The van der Waals surface area contributed by atoms with E-state index in [1.807, 2.05) is 0 Å². The molecule has 0 aromatic heterocycles. The third-order valence-electron chi connectivity index (χ3n) is 4.56. The number of halogens is 2. The lowest BCUT2D eigenvalue weighted by Crippen LogP contribution is -2.16. The molecule has 3 heteroatoms. The normalized spacial score (nSPS) is 29.8. The van der Waals surface area contributed by atoms with Crippen LogP contribution in [-0.2, 0) is 0 Å². The standard InChI is InChI=1S/C15H16F2O/c16-12-3-4-13(14(17)8-12)15(18)7-11-6-9-1-2-10(11)5-9/h3-4,8-11H,1-2,5-7H2. The van der Waals surface area contributed by atoms with Crippen molar-refractivity contribution in [3.63, 3.8) is 0 Å². The number of carbonyl (C=O) groups excluding carboxylic acids is 1. The summed E-state index contributed by atoms with van der Waals surface area (Å²) in [5, 5.41) is 0. The quantitative estimate of drug-likeness (QED) is 0.742. The Morgan fingerprint density at radius 1 is 1.22 bits per heavy atom. The van der Waals surface area contributed by atoms with Gasteiger partial charge in [-0.1, -0.05) is 6.42 Å². The maximum atomic E-state index is 13.5. The van der Waals surface area contributed by atoms with Crippen LogP contribution in [0.25, 0.3) is 0 Å². The molecular formula is C15H16F2O. The molecule has 1 aromatic carbocycles. The molecule has 3 atom stereocenters. The van der Waals surface area contributed by atoms with Crippen molar-refractivity contribution in [2.75, 3.05) is 0 Å². The summed E-state index contributed by atoms with van der Waals surface area (Å²) in [5.74, 6) is 0.311. The van der Waals surface area contributed by atoms with Crippen molar-refractivity contribution >= 4 is 5.78 Å². The number of fused-ring (bicyclic) bond motifs is 2. The number of carbonyl (C=O) groups is 1. The molecule has 0 amide bonds. The summed E-state index contributed by atoms with van der Waals surface area (Å²) in [6, 6.07) is 3.20. The van der Waals surface area contributed by atoms with Gasteiger partial charge in [0.25, 0.3) is 0 Å². The minimum absolute atomic E-state index is 0.0409. The van der Waals surface area contributed by atoms with Crippen LogP contribution in [0, 0.1) is 29.4 Å². The van der Waals surface area contributed by atoms with E-state index < -0.39 is 11.6 Å². The summed E-state index contributed by atoms with van der Waals surface area (Å²) in [4.78, 5) is 12.0. The molecule has 2 aliphatic rings. The Bertz CT molecular complexity index is 483. The van der Waals surface area contributed by atoms with Gasteiger partial charge in [-0.15, -0.1) is 0 Å². The molecule has 0 spiro atoms. The van der Waals surface area contributed by atoms with Crippen molar-refractivity contribution in [1.29, 1.82) is 0 Å². The van der Waals surface area contributed by atoms with E-state index in [1.54, 1.807) is 0 Å². The van der Waals surface area contributed by atoms with E-state index in [4.69, 9.17) is 0 Å². The molecular weight excluding hydrogens is 234 g/mol. The van der Waals surface area contributed by atoms with Crippen LogP contribution in [0.5, 0.6) is 0 Å². The van der Waals surface area contributed by atoms with Gasteiger partial charge in [-0.2, -0.15) is 0 Å². The van der Waals surface area contributed by atoms with Crippen LogP contribution in [-0.4, -0.2) is 5.78 Å². The molecule has 0 N–H and O–H groups in total. The highest BCUT2D eigenvalue weighted by molar-refractivity contribution is 5.96. The van der Waals surface area contributed by atoms with E-state index in [2.05, 4.69) is 0 Å². The van der Waals surface area contributed by atoms with Gasteiger partial charge in [-0.3, -0.25) is 4.79 Å². The average Bonchev–Trinajstić information content (AvgIpc) is 2.90. The minimum atomic E-state index is -0.733. The summed E-state index contributed by atoms with van der Waals surface area (Å²) < 4.78 is 26.3. The van der Waals surface area contributed by atoms with Crippen molar-refractivity contribution < 1.29 is 13.6 Å². The molecule has 2 saturated carbocycles. The Balaban J connectivity index is 1.71. The molecule has 0 aliphatic heterocycles. The lowest BCUT2D eigenvalue weighted by molar-refractivity contribution is 0.0940. The molecule has 0 heterocycles. The zero-order chi connectivity index (χ0) is 12.7. The minimum Gasteiger partial charge on any atom is -0.294 e. The maximum Gasteiger partial charge on any atom is 0.166 e. The van der Waals surface area contributed by atoms with Gasteiger partial charge in [-0.25, -0.2) is 8.78 Å². The zero-order valence-corrected chi connectivity index (χ0v) is 10.2. The average molecular weight is 250 g/mol. The number of ketones is 1. The molecule has 3 rings (SSSR count). The summed E-state index contributed by atoms with van der Waals surface area (Å²) in [6.45, 7) is 0. The first-order chi connectivity index (χ1) is 8.63. The Kier molecular flexibility index (Phi) is 2.92. The lowest BCUT2D eigenvalue weighted by atomic mass is 9.84. The van der Waals surface area contributed by atoms with E-state index in [0.717, 1.165) is 24.5 Å². The van der Waals surface area contributed by atoms with Crippen LogP contribution in [0.2, 0.25) is 0 Å². The molecule has 18 heavy (non-hydrogen) atoms. The van der Waals surface area contributed by atoms with Crippen molar-refractivity contribution in [3.8, 4) is 0 Å². The Hall–Kier alpha value is -1.25. The van der Waals surface area contributed by atoms with Crippen molar-refractivity contribution in [3.05, 3.63) is 35.4 Å². The fraction of sp³-hybridized carbons (Fsp3) is 0.533. The number of Topliss-reactive ketones (excluding diaryl/α,β-unsaturated/α-hetero) is 1. The number of benzene rings is 1. The van der Waals surface area contributed by atoms with Gasteiger partial charge in [0.15, 0.2) is 5.78 Å². The molecule has 1 aromatic rings. The first kappa shape index (κ1) is 11.8. The van der Waals surface area contributed by atoms with Gasteiger partial charge in [-0.05, 0) is 49.1 Å². The van der Waals surface area contributed by atoms with Crippen LogP contribution in [0.15, 0.2) is 18.2 Å². The molecule has 2 bridgehead atoms. The monoisotopic (exact) mass is 250 g/mol. The summed E-state index contributed by atoms with van der Waals surface area (Å²) in [6.07, 6.45) is 5.28. The van der Waals surface area contributed by atoms with Crippen molar-refractivity contribution in [2.24, 2.45) is 17.8 Å². The van der Waals surface area contributed by atoms with Crippen molar-refractivity contribution in [2.45, 2.75) is 32.1 Å². The highest BCUT2D eigenvalue weighted by atomic mass is 19.1. The Labute approximate surface area is 105 Å². The lowest BCUT2D eigenvalue weighted by Gasteiger charge is -2.20. The fourth-order valence-corrected chi connectivity index (χ4v) is 3.69. The molecule has 3 unspecified atom stereocenters. The van der Waals surface area contributed by atoms with Crippen LogP contribution in [0.4, 0.5) is 8.78 Å². The number of hydrogen-bond acceptors (Lipinski definition) is 1. The van der Waals surface area contributed by atoms with E-state index in [9.17, 15) is 13.6 Å². The Morgan fingerprint density at radius 2 is 2.06 bits per heavy atom. The van der Waals surface area contributed by atoms with E-state index >= 15 is 0 Å². The maximum absolute atomic E-state index is 13.5. The molecule has 1 nitrogen and oxygen atoms in total. The summed E-state index contributed by atoms with van der Waals surface area (Å²) in [7, 11) is 0. The van der Waals surface area contributed by atoms with Gasteiger partial charge in [0.1, 0.15) is 11.6 Å². The molecule has 0 radical (unpaired) electrons. The Morgan fingerprint density at radius 3 is 2.67 bits per heavy atom. The second-order valence-electron chi connectivity index (χ2n) is 5.69. The molecule has 2 fully saturated rings. The van der Waals surface area contributed by atoms with Crippen LogP contribution < -0.4 is 0 Å². The number of rotatable bonds is 3. The number of hydrogen-bond donors (Lipinski definition) is 0. The first-order valence-corrected chi connectivity index (χ1v) is 6.61. The highest BCUT2D eigenvalue weighted by Crippen LogP contribution is 2.49. The predicted molar refractivity (Wildman–Crippen MR) is 64.2 cm³/mol. The van der Waals surface area contributed by atoms with E-state index in [1.165, 1.54) is 25.3 Å². The largest absolute Gasteiger partial charge is 0.294 e. The second kappa shape index (κ2) is 4.45. The zero-order valence-electron chi connectivity index (χ0n) is 10.2. The molecule has 96 valence electrons. The first-order valence-electron chi connectivity index (χ1n) is 6.61. The third kappa shape index (κ3) is 2.06.